The standard InChI is InChI=1S/C14H16N2O2S/c1-8(15-3)13-12(16-9(2)19-13)10-4-6-11(7-5-10)14(17)18/h4-8,15H,1-3H3,(H,17,18). The number of thiazole rings is 1. The maximum absolute atomic E-state index is 10.9. The lowest BCUT2D eigenvalue weighted by atomic mass is 10.1. The molecule has 2 N–H and O–H groups in total. The Hall–Kier alpha value is -1.72. The van der Waals surface area contributed by atoms with E-state index in [1.54, 1.807) is 23.5 Å². The summed E-state index contributed by atoms with van der Waals surface area (Å²) in [6, 6.07) is 7.06. The third-order valence-corrected chi connectivity index (χ3v) is 4.15. The summed E-state index contributed by atoms with van der Waals surface area (Å²) in [5.74, 6) is -0.912. The molecule has 2 rings (SSSR count). The highest BCUT2D eigenvalue weighted by Gasteiger charge is 2.16. The van der Waals surface area contributed by atoms with Crippen LogP contribution in [0.15, 0.2) is 24.3 Å². The predicted octanol–water partition coefficient (Wildman–Crippen LogP) is 3.10. The number of nitrogens with zero attached hydrogens (tertiary/aromatic N) is 1. The van der Waals surface area contributed by atoms with Gasteiger partial charge in [0.1, 0.15) is 0 Å². The van der Waals surface area contributed by atoms with Gasteiger partial charge in [-0.15, -0.1) is 11.3 Å². The molecular formula is C14H16N2O2S. The van der Waals surface area contributed by atoms with Crippen LogP contribution >= 0.6 is 11.3 Å². The lowest BCUT2D eigenvalue weighted by Gasteiger charge is -2.10. The first-order chi connectivity index (χ1) is 9.02. The number of rotatable bonds is 4. The summed E-state index contributed by atoms with van der Waals surface area (Å²) in [5, 5.41) is 13.1. The second-order valence-corrected chi connectivity index (χ2v) is 5.57. The summed E-state index contributed by atoms with van der Waals surface area (Å²) in [7, 11) is 1.91. The van der Waals surface area contributed by atoms with Crippen molar-refractivity contribution in [1.82, 2.24) is 10.3 Å². The second-order valence-electron chi connectivity index (χ2n) is 4.34. The van der Waals surface area contributed by atoms with Gasteiger partial charge in [0.15, 0.2) is 0 Å². The molecule has 1 atom stereocenters. The number of aromatic nitrogens is 1. The van der Waals surface area contributed by atoms with E-state index in [1.807, 2.05) is 26.1 Å². The lowest BCUT2D eigenvalue weighted by Crippen LogP contribution is -2.11. The highest BCUT2D eigenvalue weighted by atomic mass is 32.1. The summed E-state index contributed by atoms with van der Waals surface area (Å²) in [4.78, 5) is 16.6. The molecule has 0 fully saturated rings. The number of aryl methyl sites for hydroxylation is 1. The number of carboxylic acid groups (broad SMARTS) is 1. The van der Waals surface area contributed by atoms with E-state index in [0.29, 0.717) is 5.56 Å². The van der Waals surface area contributed by atoms with Gasteiger partial charge in [-0.2, -0.15) is 0 Å². The smallest absolute Gasteiger partial charge is 0.335 e. The molecule has 0 radical (unpaired) electrons. The molecular weight excluding hydrogens is 260 g/mol. The van der Waals surface area contributed by atoms with Crippen molar-refractivity contribution in [3.05, 3.63) is 39.7 Å². The molecule has 0 saturated carbocycles. The number of carboxylic acids is 1. The summed E-state index contributed by atoms with van der Waals surface area (Å²) < 4.78 is 0. The molecule has 0 aliphatic rings. The fourth-order valence-electron chi connectivity index (χ4n) is 1.84. The van der Waals surface area contributed by atoms with E-state index in [9.17, 15) is 4.79 Å². The Kier molecular flexibility index (Phi) is 3.97. The number of benzene rings is 1. The fraction of sp³-hybridized carbons (Fsp3) is 0.286. The molecule has 1 aromatic heterocycles. The van der Waals surface area contributed by atoms with Crippen LogP contribution in [0.1, 0.15) is 33.2 Å². The molecule has 100 valence electrons. The molecule has 1 unspecified atom stereocenters. The first kappa shape index (κ1) is 13.7. The van der Waals surface area contributed by atoms with Gasteiger partial charge >= 0.3 is 5.97 Å². The Morgan fingerprint density at radius 3 is 2.53 bits per heavy atom. The summed E-state index contributed by atoms with van der Waals surface area (Å²) in [6.07, 6.45) is 0. The van der Waals surface area contributed by atoms with E-state index in [-0.39, 0.29) is 6.04 Å². The molecule has 19 heavy (non-hydrogen) atoms. The molecule has 5 heteroatoms. The van der Waals surface area contributed by atoms with E-state index in [0.717, 1.165) is 16.3 Å². The van der Waals surface area contributed by atoms with Crippen molar-refractivity contribution in [3.8, 4) is 11.3 Å². The zero-order valence-corrected chi connectivity index (χ0v) is 11.9. The average molecular weight is 276 g/mol. The van der Waals surface area contributed by atoms with Crippen molar-refractivity contribution in [2.24, 2.45) is 0 Å². The first-order valence-corrected chi connectivity index (χ1v) is 6.83. The molecule has 1 heterocycles. The minimum Gasteiger partial charge on any atom is -0.478 e. The highest BCUT2D eigenvalue weighted by molar-refractivity contribution is 7.12. The molecule has 4 nitrogen and oxygen atoms in total. The molecule has 0 bridgehead atoms. The number of nitrogens with one attached hydrogen (secondary N) is 1. The average Bonchev–Trinajstić information content (AvgIpc) is 2.80. The van der Waals surface area contributed by atoms with Crippen LogP contribution in [0, 0.1) is 6.92 Å². The number of aromatic carboxylic acids is 1. The quantitative estimate of drug-likeness (QED) is 0.900. The second kappa shape index (κ2) is 5.50. The topological polar surface area (TPSA) is 62.2 Å². The first-order valence-electron chi connectivity index (χ1n) is 6.01. The summed E-state index contributed by atoms with van der Waals surface area (Å²) in [5.41, 5.74) is 2.17. The van der Waals surface area contributed by atoms with Gasteiger partial charge in [0.05, 0.1) is 16.3 Å². The van der Waals surface area contributed by atoms with E-state index >= 15 is 0 Å². The zero-order valence-electron chi connectivity index (χ0n) is 11.1. The van der Waals surface area contributed by atoms with Crippen LogP contribution in [0.2, 0.25) is 0 Å². The number of hydrogen-bond donors (Lipinski definition) is 2. The Morgan fingerprint density at radius 2 is 2.00 bits per heavy atom. The minimum absolute atomic E-state index is 0.223. The van der Waals surface area contributed by atoms with E-state index in [1.165, 1.54) is 4.88 Å². The van der Waals surface area contributed by atoms with Gasteiger partial charge in [0.2, 0.25) is 0 Å². The van der Waals surface area contributed by atoms with Crippen LogP contribution in [0.3, 0.4) is 0 Å². The van der Waals surface area contributed by atoms with Crippen molar-refractivity contribution < 1.29 is 9.90 Å². The van der Waals surface area contributed by atoms with Gasteiger partial charge < -0.3 is 10.4 Å². The number of carbonyl (C=O) groups is 1. The van der Waals surface area contributed by atoms with Gasteiger partial charge in [-0.25, -0.2) is 9.78 Å². The minimum atomic E-state index is -0.912. The Labute approximate surface area is 116 Å². The van der Waals surface area contributed by atoms with Gasteiger partial charge in [-0.3, -0.25) is 0 Å². The SMILES string of the molecule is CNC(C)c1sc(C)nc1-c1ccc(C(=O)O)cc1. The zero-order chi connectivity index (χ0) is 14.0. The van der Waals surface area contributed by atoms with Gasteiger partial charge in [-0.05, 0) is 33.0 Å². The Balaban J connectivity index is 2.43. The van der Waals surface area contributed by atoms with Crippen molar-refractivity contribution >= 4 is 17.3 Å². The van der Waals surface area contributed by atoms with Crippen LogP contribution in [-0.4, -0.2) is 23.1 Å². The van der Waals surface area contributed by atoms with Crippen LogP contribution < -0.4 is 5.32 Å². The van der Waals surface area contributed by atoms with Gasteiger partial charge in [0.25, 0.3) is 0 Å². The van der Waals surface area contributed by atoms with Crippen molar-refractivity contribution in [2.75, 3.05) is 7.05 Å². The molecule has 0 amide bonds. The van der Waals surface area contributed by atoms with Gasteiger partial charge in [0, 0.05) is 16.5 Å². The largest absolute Gasteiger partial charge is 0.478 e. The predicted molar refractivity (Wildman–Crippen MR) is 76.7 cm³/mol. The molecule has 0 aliphatic carbocycles. The van der Waals surface area contributed by atoms with Gasteiger partial charge in [-0.1, -0.05) is 12.1 Å². The van der Waals surface area contributed by atoms with Crippen LogP contribution in [0.4, 0.5) is 0 Å². The molecule has 0 spiro atoms. The van der Waals surface area contributed by atoms with Crippen LogP contribution in [0.25, 0.3) is 11.3 Å². The Bertz CT molecular complexity index is 590. The van der Waals surface area contributed by atoms with Crippen LogP contribution in [-0.2, 0) is 0 Å². The normalized spacial score (nSPS) is 12.4. The highest BCUT2D eigenvalue weighted by Crippen LogP contribution is 2.32. The van der Waals surface area contributed by atoms with Crippen molar-refractivity contribution in [3.63, 3.8) is 0 Å². The monoisotopic (exact) mass is 276 g/mol. The molecule has 0 aliphatic heterocycles. The van der Waals surface area contributed by atoms with E-state index in [4.69, 9.17) is 5.11 Å². The summed E-state index contributed by atoms with van der Waals surface area (Å²) in [6.45, 7) is 4.06. The maximum atomic E-state index is 10.9. The molecule has 1 aromatic carbocycles. The third-order valence-electron chi connectivity index (χ3n) is 2.99. The Morgan fingerprint density at radius 1 is 1.37 bits per heavy atom. The number of hydrogen-bond acceptors (Lipinski definition) is 4. The van der Waals surface area contributed by atoms with E-state index < -0.39 is 5.97 Å². The lowest BCUT2D eigenvalue weighted by molar-refractivity contribution is 0.0697. The van der Waals surface area contributed by atoms with Crippen molar-refractivity contribution in [2.45, 2.75) is 19.9 Å². The summed E-state index contributed by atoms with van der Waals surface area (Å²) >= 11 is 1.66. The molecule has 2 aromatic rings. The fourth-order valence-corrected chi connectivity index (χ4v) is 2.85. The van der Waals surface area contributed by atoms with E-state index in [2.05, 4.69) is 17.2 Å². The molecule has 0 saturated heterocycles. The van der Waals surface area contributed by atoms with Crippen LogP contribution in [0.5, 0.6) is 0 Å². The maximum Gasteiger partial charge on any atom is 0.335 e. The third kappa shape index (κ3) is 2.83. The van der Waals surface area contributed by atoms with Crippen molar-refractivity contribution in [1.29, 1.82) is 0 Å².